The molecule has 11 heteroatoms. The Bertz CT molecular complexity index is 1840. The maximum absolute atomic E-state index is 12.7. The Kier molecular flexibility index (Phi) is 8.65. The van der Waals surface area contributed by atoms with Crippen LogP contribution in [-0.4, -0.2) is 71.5 Å². The number of hydrogen-bond acceptors (Lipinski definition) is 9. The molecule has 11 nitrogen and oxygen atoms in total. The van der Waals surface area contributed by atoms with Crippen molar-refractivity contribution in [3.63, 3.8) is 0 Å². The molecule has 1 fully saturated rings. The van der Waals surface area contributed by atoms with E-state index in [2.05, 4.69) is 9.97 Å². The standard InChI is InChI=1S/C34H32N4O7/c1-20-29-32(37-28(36-20)17-21-8-3-2-4-9-21)38(19-35-29)33-31(41)30(40)27(45-33)18-44-23-11-7-10-22(16-23)14-15-26(39)24-12-5-6-13-25(24)34(42)43/h2-13,16,19,27,30-31,33,40-41H,14-15,17-18H2,1H3,(H,42,43)/t27-,30-,31-,33-/m1/s1. The minimum Gasteiger partial charge on any atom is -0.491 e. The van der Waals surface area contributed by atoms with Crippen molar-refractivity contribution >= 4 is 22.9 Å². The van der Waals surface area contributed by atoms with Gasteiger partial charge in [-0.3, -0.25) is 9.36 Å². The lowest BCUT2D eigenvalue weighted by Gasteiger charge is -2.17. The second-order valence-electron chi connectivity index (χ2n) is 11.0. The van der Waals surface area contributed by atoms with E-state index in [1.807, 2.05) is 43.3 Å². The van der Waals surface area contributed by atoms with Gasteiger partial charge in [-0.2, -0.15) is 0 Å². The van der Waals surface area contributed by atoms with Crippen molar-refractivity contribution in [3.8, 4) is 5.75 Å². The Morgan fingerprint density at radius 1 is 0.911 bits per heavy atom. The Hall–Kier alpha value is -4.97. The number of Topliss-reactive ketones (excluding diaryl/α,β-unsaturated/α-hetero) is 1. The summed E-state index contributed by atoms with van der Waals surface area (Å²) in [5.74, 6) is -0.299. The Morgan fingerprint density at radius 3 is 2.42 bits per heavy atom. The third-order valence-electron chi connectivity index (χ3n) is 7.87. The van der Waals surface area contributed by atoms with Crippen LogP contribution in [0, 0.1) is 6.92 Å². The third-order valence-corrected chi connectivity index (χ3v) is 7.87. The van der Waals surface area contributed by atoms with Crippen molar-refractivity contribution in [2.75, 3.05) is 6.61 Å². The fraction of sp³-hybridized carbons (Fsp3) is 0.265. The van der Waals surface area contributed by atoms with E-state index in [0.717, 1.165) is 11.1 Å². The molecule has 230 valence electrons. The van der Waals surface area contributed by atoms with E-state index < -0.39 is 30.5 Å². The SMILES string of the molecule is Cc1nc(Cc2ccccc2)nc2c1ncn2[C@@H]1O[C@H](COc2cccc(CCC(=O)c3ccccc3C(=O)O)c2)[C@@H](O)[C@H]1O. The van der Waals surface area contributed by atoms with Crippen LogP contribution in [0.1, 0.15) is 56.0 Å². The zero-order chi connectivity index (χ0) is 31.5. The van der Waals surface area contributed by atoms with Crippen LogP contribution in [0.5, 0.6) is 5.75 Å². The molecule has 2 aromatic heterocycles. The lowest BCUT2D eigenvalue weighted by atomic mass is 9.98. The smallest absolute Gasteiger partial charge is 0.336 e. The highest BCUT2D eigenvalue weighted by atomic mass is 16.6. The number of ether oxygens (including phenoxy) is 2. The summed E-state index contributed by atoms with van der Waals surface area (Å²) in [5.41, 5.74) is 3.83. The van der Waals surface area contributed by atoms with Gasteiger partial charge in [-0.15, -0.1) is 0 Å². The number of aliphatic hydroxyl groups excluding tert-OH is 2. The molecule has 3 heterocycles. The monoisotopic (exact) mass is 608 g/mol. The number of imidazole rings is 1. The molecule has 0 radical (unpaired) electrons. The molecule has 4 atom stereocenters. The quantitative estimate of drug-likeness (QED) is 0.188. The van der Waals surface area contributed by atoms with Crippen molar-refractivity contribution < 1.29 is 34.4 Å². The maximum atomic E-state index is 12.7. The Balaban J connectivity index is 1.11. The van der Waals surface area contributed by atoms with Crippen LogP contribution < -0.4 is 4.74 Å². The van der Waals surface area contributed by atoms with E-state index in [1.165, 1.54) is 18.5 Å². The molecule has 3 N–H and O–H groups in total. The van der Waals surface area contributed by atoms with Gasteiger partial charge in [0.2, 0.25) is 0 Å². The summed E-state index contributed by atoms with van der Waals surface area (Å²) < 4.78 is 13.6. The number of rotatable bonds is 11. The van der Waals surface area contributed by atoms with E-state index in [9.17, 15) is 24.9 Å². The van der Waals surface area contributed by atoms with Gasteiger partial charge in [-0.25, -0.2) is 19.7 Å². The van der Waals surface area contributed by atoms with Crippen LogP contribution >= 0.6 is 0 Å². The van der Waals surface area contributed by atoms with Crippen LogP contribution in [-0.2, 0) is 17.6 Å². The summed E-state index contributed by atoms with van der Waals surface area (Å²) in [7, 11) is 0. The maximum Gasteiger partial charge on any atom is 0.336 e. The summed E-state index contributed by atoms with van der Waals surface area (Å²) in [6, 6.07) is 23.2. The van der Waals surface area contributed by atoms with Gasteiger partial charge in [0.15, 0.2) is 17.7 Å². The summed E-state index contributed by atoms with van der Waals surface area (Å²) >= 11 is 0. The lowest BCUT2D eigenvalue weighted by Crippen LogP contribution is -2.34. The highest BCUT2D eigenvalue weighted by molar-refractivity contribution is 6.05. The number of aromatic carboxylic acids is 1. The number of aliphatic hydroxyl groups is 2. The van der Waals surface area contributed by atoms with Gasteiger partial charge in [0, 0.05) is 18.4 Å². The number of carbonyl (C=O) groups is 2. The largest absolute Gasteiger partial charge is 0.491 e. The Labute approximate surface area is 258 Å². The van der Waals surface area contributed by atoms with Gasteiger partial charge in [-0.05, 0) is 42.7 Å². The van der Waals surface area contributed by atoms with Crippen molar-refractivity contribution in [2.45, 2.75) is 50.7 Å². The fourth-order valence-corrected chi connectivity index (χ4v) is 5.53. The van der Waals surface area contributed by atoms with Crippen molar-refractivity contribution in [1.82, 2.24) is 19.5 Å². The first-order valence-electron chi connectivity index (χ1n) is 14.6. The van der Waals surface area contributed by atoms with Gasteiger partial charge in [0.1, 0.15) is 42.0 Å². The molecule has 1 saturated heterocycles. The van der Waals surface area contributed by atoms with E-state index in [1.54, 1.807) is 34.9 Å². The number of carbonyl (C=O) groups excluding carboxylic acids is 1. The van der Waals surface area contributed by atoms with Gasteiger partial charge in [-0.1, -0.05) is 60.7 Å². The first-order chi connectivity index (χ1) is 21.8. The third kappa shape index (κ3) is 6.46. The zero-order valence-corrected chi connectivity index (χ0v) is 24.5. The molecule has 0 bridgehead atoms. The molecule has 0 amide bonds. The van der Waals surface area contributed by atoms with Crippen LogP contribution in [0.15, 0.2) is 85.2 Å². The predicted octanol–water partition coefficient (Wildman–Crippen LogP) is 3.94. The zero-order valence-electron chi connectivity index (χ0n) is 24.5. The number of hydrogen-bond donors (Lipinski definition) is 3. The summed E-state index contributed by atoms with van der Waals surface area (Å²) in [4.78, 5) is 38.0. The molecule has 1 aliphatic rings. The van der Waals surface area contributed by atoms with Gasteiger partial charge in [0.05, 0.1) is 17.6 Å². The predicted molar refractivity (Wildman–Crippen MR) is 163 cm³/mol. The lowest BCUT2D eigenvalue weighted by molar-refractivity contribution is -0.0474. The molecule has 5 aromatic rings. The van der Waals surface area contributed by atoms with Crippen molar-refractivity contribution in [1.29, 1.82) is 0 Å². The first-order valence-corrected chi connectivity index (χ1v) is 14.6. The topological polar surface area (TPSA) is 157 Å². The minimum atomic E-state index is -1.25. The van der Waals surface area contributed by atoms with E-state index in [-0.39, 0.29) is 29.9 Å². The van der Waals surface area contributed by atoms with Crippen LogP contribution in [0.2, 0.25) is 0 Å². The van der Waals surface area contributed by atoms with Gasteiger partial charge in [0.25, 0.3) is 0 Å². The number of aryl methyl sites for hydroxylation is 2. The van der Waals surface area contributed by atoms with Crippen molar-refractivity contribution in [3.05, 3.63) is 119 Å². The second kappa shape index (κ2) is 12.9. The van der Waals surface area contributed by atoms with E-state index >= 15 is 0 Å². The molecular weight excluding hydrogens is 576 g/mol. The number of aromatic nitrogens is 4. The van der Waals surface area contributed by atoms with Crippen LogP contribution in [0.3, 0.4) is 0 Å². The number of fused-ring (bicyclic) bond motifs is 1. The average Bonchev–Trinajstić information content (AvgIpc) is 3.59. The van der Waals surface area contributed by atoms with Gasteiger partial charge >= 0.3 is 5.97 Å². The Morgan fingerprint density at radius 2 is 1.64 bits per heavy atom. The fourth-order valence-electron chi connectivity index (χ4n) is 5.53. The van der Waals surface area contributed by atoms with E-state index in [4.69, 9.17) is 14.5 Å². The molecule has 3 aromatic carbocycles. The molecule has 1 aliphatic heterocycles. The van der Waals surface area contributed by atoms with Crippen molar-refractivity contribution in [2.24, 2.45) is 0 Å². The number of benzene rings is 3. The highest BCUT2D eigenvalue weighted by Gasteiger charge is 2.44. The van der Waals surface area contributed by atoms with E-state index in [0.29, 0.717) is 41.3 Å². The molecular formula is C34H32N4O7. The molecule has 0 aliphatic carbocycles. The normalized spacial score (nSPS) is 19.5. The molecule has 0 saturated carbocycles. The summed E-state index contributed by atoms with van der Waals surface area (Å²) in [6.07, 6.45) is -1.70. The van der Waals surface area contributed by atoms with Crippen LogP contribution in [0.25, 0.3) is 11.2 Å². The second-order valence-corrected chi connectivity index (χ2v) is 11.0. The summed E-state index contributed by atoms with van der Waals surface area (Å²) in [5, 5.41) is 31.2. The summed E-state index contributed by atoms with van der Waals surface area (Å²) in [6.45, 7) is 1.81. The number of ketones is 1. The highest BCUT2D eigenvalue weighted by Crippen LogP contribution is 2.32. The average molecular weight is 609 g/mol. The number of carboxylic acid groups (broad SMARTS) is 1. The minimum absolute atomic E-state index is 0.0194. The van der Waals surface area contributed by atoms with Gasteiger partial charge < -0.3 is 24.8 Å². The molecule has 45 heavy (non-hydrogen) atoms. The molecule has 0 spiro atoms. The first kappa shape index (κ1) is 30.1. The molecule has 6 rings (SSSR count). The number of nitrogens with zero attached hydrogens (tertiary/aromatic N) is 4. The number of carboxylic acids is 1. The molecule has 0 unspecified atom stereocenters. The van der Waals surface area contributed by atoms with Crippen LogP contribution in [0.4, 0.5) is 0 Å².